The average Bonchev–Trinajstić information content (AvgIpc) is 2.42. The summed E-state index contributed by atoms with van der Waals surface area (Å²) >= 11 is 0. The third-order valence-corrected chi connectivity index (χ3v) is 4.12. The van der Waals surface area contributed by atoms with E-state index in [1.807, 2.05) is 11.8 Å². The van der Waals surface area contributed by atoms with Crippen LogP contribution in [-0.4, -0.2) is 67.2 Å². The summed E-state index contributed by atoms with van der Waals surface area (Å²) in [6.07, 6.45) is 4.39. The van der Waals surface area contributed by atoms with Crippen LogP contribution in [0.4, 0.5) is 0 Å². The number of nitrogens with zero attached hydrogens (tertiary/aromatic N) is 2. The summed E-state index contributed by atoms with van der Waals surface area (Å²) in [7, 11) is 0. The van der Waals surface area contributed by atoms with Crippen LogP contribution in [-0.2, 0) is 9.53 Å². The van der Waals surface area contributed by atoms with Crippen molar-refractivity contribution in [1.29, 1.82) is 0 Å². The molecule has 0 saturated carbocycles. The molecular formula is C14H27N3O2. The van der Waals surface area contributed by atoms with Crippen LogP contribution in [0.2, 0.25) is 0 Å². The molecule has 0 aliphatic carbocycles. The van der Waals surface area contributed by atoms with Crippen LogP contribution in [0.15, 0.2) is 0 Å². The number of hydrogen-bond donors (Lipinski definition) is 1. The second kappa shape index (κ2) is 7.22. The van der Waals surface area contributed by atoms with Crippen molar-refractivity contribution in [2.45, 2.75) is 44.8 Å². The molecule has 0 bridgehead atoms. The molecule has 0 spiro atoms. The van der Waals surface area contributed by atoms with E-state index in [0.717, 1.165) is 58.5 Å². The standard InChI is InChI=1S/C14H27N3O2/c1-2-19-13-4-3-7-17(10-13)14(18)11-16-8-5-12(15)6-9-16/h12-13H,2-11,15H2,1H3. The molecule has 0 aromatic rings. The maximum Gasteiger partial charge on any atom is 0.236 e. The van der Waals surface area contributed by atoms with Gasteiger partial charge in [0.2, 0.25) is 5.91 Å². The van der Waals surface area contributed by atoms with Crippen LogP contribution in [0.1, 0.15) is 32.6 Å². The minimum atomic E-state index is 0.234. The maximum absolute atomic E-state index is 12.3. The molecule has 2 aliphatic rings. The lowest BCUT2D eigenvalue weighted by atomic mass is 10.1. The van der Waals surface area contributed by atoms with E-state index in [0.29, 0.717) is 12.6 Å². The van der Waals surface area contributed by atoms with Gasteiger partial charge in [-0.15, -0.1) is 0 Å². The molecule has 19 heavy (non-hydrogen) atoms. The molecule has 2 aliphatic heterocycles. The molecule has 2 heterocycles. The van der Waals surface area contributed by atoms with Crippen molar-refractivity contribution in [2.75, 3.05) is 39.3 Å². The minimum absolute atomic E-state index is 0.234. The Balaban J connectivity index is 1.76. The fourth-order valence-corrected chi connectivity index (χ4v) is 2.94. The minimum Gasteiger partial charge on any atom is -0.377 e. The van der Waals surface area contributed by atoms with E-state index in [2.05, 4.69) is 4.90 Å². The molecule has 2 rings (SSSR count). The van der Waals surface area contributed by atoms with Gasteiger partial charge in [-0.05, 0) is 32.6 Å². The summed E-state index contributed by atoms with van der Waals surface area (Å²) in [5.74, 6) is 0.250. The van der Waals surface area contributed by atoms with E-state index in [-0.39, 0.29) is 12.0 Å². The molecule has 2 saturated heterocycles. The number of carbonyl (C=O) groups excluding carboxylic acids is 1. The van der Waals surface area contributed by atoms with Gasteiger partial charge in [0.25, 0.3) is 0 Å². The van der Waals surface area contributed by atoms with Crippen molar-refractivity contribution >= 4 is 5.91 Å². The van der Waals surface area contributed by atoms with E-state index < -0.39 is 0 Å². The van der Waals surface area contributed by atoms with Crippen LogP contribution >= 0.6 is 0 Å². The van der Waals surface area contributed by atoms with Gasteiger partial charge < -0.3 is 15.4 Å². The third-order valence-electron chi connectivity index (χ3n) is 4.12. The van der Waals surface area contributed by atoms with Crippen LogP contribution in [0.3, 0.4) is 0 Å². The monoisotopic (exact) mass is 269 g/mol. The molecule has 1 unspecified atom stereocenters. The second-order valence-electron chi connectivity index (χ2n) is 5.67. The summed E-state index contributed by atoms with van der Waals surface area (Å²) in [6, 6.07) is 0.323. The van der Waals surface area contributed by atoms with E-state index in [1.165, 1.54) is 0 Å². The Morgan fingerprint density at radius 1 is 1.26 bits per heavy atom. The Hall–Kier alpha value is -0.650. The zero-order valence-electron chi connectivity index (χ0n) is 12.0. The summed E-state index contributed by atoms with van der Waals surface area (Å²) < 4.78 is 5.64. The first kappa shape index (κ1) is 14.8. The maximum atomic E-state index is 12.3. The van der Waals surface area contributed by atoms with Crippen molar-refractivity contribution in [2.24, 2.45) is 5.73 Å². The zero-order valence-corrected chi connectivity index (χ0v) is 12.0. The number of amides is 1. The van der Waals surface area contributed by atoms with E-state index in [9.17, 15) is 4.79 Å². The van der Waals surface area contributed by atoms with Crippen LogP contribution in [0.25, 0.3) is 0 Å². The van der Waals surface area contributed by atoms with Crippen LogP contribution < -0.4 is 5.73 Å². The lowest BCUT2D eigenvalue weighted by molar-refractivity contribution is -0.136. The smallest absolute Gasteiger partial charge is 0.236 e. The molecule has 0 radical (unpaired) electrons. The number of rotatable bonds is 4. The molecule has 1 atom stereocenters. The van der Waals surface area contributed by atoms with Gasteiger partial charge in [0.05, 0.1) is 12.6 Å². The summed E-state index contributed by atoms with van der Waals surface area (Å²) in [5, 5.41) is 0. The summed E-state index contributed by atoms with van der Waals surface area (Å²) in [5.41, 5.74) is 5.88. The molecule has 5 heteroatoms. The average molecular weight is 269 g/mol. The molecule has 5 nitrogen and oxygen atoms in total. The van der Waals surface area contributed by atoms with Gasteiger partial charge in [0, 0.05) is 38.8 Å². The summed E-state index contributed by atoms with van der Waals surface area (Å²) in [6.45, 7) is 6.85. The first-order valence-corrected chi connectivity index (χ1v) is 7.56. The Morgan fingerprint density at radius 2 is 2.00 bits per heavy atom. The fourth-order valence-electron chi connectivity index (χ4n) is 2.94. The van der Waals surface area contributed by atoms with Gasteiger partial charge in [-0.25, -0.2) is 0 Å². The van der Waals surface area contributed by atoms with E-state index in [1.54, 1.807) is 0 Å². The number of carbonyl (C=O) groups is 1. The molecular weight excluding hydrogens is 242 g/mol. The Labute approximate surface area is 116 Å². The quantitative estimate of drug-likeness (QED) is 0.804. The van der Waals surface area contributed by atoms with Gasteiger partial charge in [-0.3, -0.25) is 9.69 Å². The highest BCUT2D eigenvalue weighted by Gasteiger charge is 2.26. The topological polar surface area (TPSA) is 58.8 Å². The lowest BCUT2D eigenvalue weighted by Gasteiger charge is -2.35. The van der Waals surface area contributed by atoms with E-state index >= 15 is 0 Å². The lowest BCUT2D eigenvalue weighted by Crippen LogP contribution is -2.49. The molecule has 110 valence electrons. The Morgan fingerprint density at radius 3 is 2.68 bits per heavy atom. The largest absolute Gasteiger partial charge is 0.377 e. The number of hydrogen-bond acceptors (Lipinski definition) is 4. The predicted octanol–water partition coefficient (Wildman–Crippen LogP) is 0.437. The third kappa shape index (κ3) is 4.44. The van der Waals surface area contributed by atoms with Crippen molar-refractivity contribution in [3.05, 3.63) is 0 Å². The van der Waals surface area contributed by atoms with Crippen molar-refractivity contribution in [3.63, 3.8) is 0 Å². The van der Waals surface area contributed by atoms with E-state index in [4.69, 9.17) is 10.5 Å². The van der Waals surface area contributed by atoms with Gasteiger partial charge in [0.1, 0.15) is 0 Å². The predicted molar refractivity (Wildman–Crippen MR) is 74.9 cm³/mol. The first-order chi connectivity index (χ1) is 9.19. The summed E-state index contributed by atoms with van der Waals surface area (Å²) in [4.78, 5) is 16.5. The van der Waals surface area contributed by atoms with Crippen LogP contribution in [0.5, 0.6) is 0 Å². The van der Waals surface area contributed by atoms with Gasteiger partial charge >= 0.3 is 0 Å². The molecule has 0 aromatic heterocycles. The molecule has 2 fully saturated rings. The van der Waals surface area contributed by atoms with Crippen molar-refractivity contribution < 1.29 is 9.53 Å². The van der Waals surface area contributed by atoms with Gasteiger partial charge in [-0.2, -0.15) is 0 Å². The SMILES string of the molecule is CCOC1CCCN(C(=O)CN2CCC(N)CC2)C1. The first-order valence-electron chi connectivity index (χ1n) is 7.56. The van der Waals surface area contributed by atoms with Crippen LogP contribution in [0, 0.1) is 0 Å². The second-order valence-corrected chi connectivity index (χ2v) is 5.67. The van der Waals surface area contributed by atoms with Crippen molar-refractivity contribution in [3.8, 4) is 0 Å². The molecule has 1 amide bonds. The Kier molecular flexibility index (Phi) is 5.60. The zero-order chi connectivity index (χ0) is 13.7. The number of likely N-dealkylation sites (tertiary alicyclic amines) is 2. The highest BCUT2D eigenvalue weighted by Crippen LogP contribution is 2.14. The number of nitrogens with two attached hydrogens (primary N) is 1. The van der Waals surface area contributed by atoms with Gasteiger partial charge in [0.15, 0.2) is 0 Å². The number of ether oxygens (including phenoxy) is 1. The van der Waals surface area contributed by atoms with Crippen molar-refractivity contribution in [1.82, 2.24) is 9.80 Å². The number of piperidine rings is 2. The highest BCUT2D eigenvalue weighted by molar-refractivity contribution is 5.78. The normalized spacial score (nSPS) is 26.6. The molecule has 0 aromatic carbocycles. The Bertz CT molecular complexity index is 288. The fraction of sp³-hybridized carbons (Fsp3) is 0.929. The molecule has 2 N–H and O–H groups in total. The highest BCUT2D eigenvalue weighted by atomic mass is 16.5. The van der Waals surface area contributed by atoms with Gasteiger partial charge in [-0.1, -0.05) is 0 Å².